The van der Waals surface area contributed by atoms with E-state index >= 15 is 0 Å². The SMILES string of the molecule is CC(=O)C[C@H](C[N+](C)(C)C)OC(=O)C(C)(C)C. The molecule has 0 aliphatic carbocycles. The van der Waals surface area contributed by atoms with Gasteiger partial charge < -0.3 is 9.22 Å². The lowest BCUT2D eigenvalue weighted by Gasteiger charge is -2.30. The van der Waals surface area contributed by atoms with Crippen LogP contribution in [0.2, 0.25) is 0 Å². The Morgan fingerprint density at radius 1 is 1.18 bits per heavy atom. The Balaban J connectivity index is 4.60. The van der Waals surface area contributed by atoms with Crippen molar-refractivity contribution in [2.24, 2.45) is 5.41 Å². The largest absolute Gasteiger partial charge is 0.455 e. The fourth-order valence-corrected chi connectivity index (χ4v) is 1.40. The molecule has 0 saturated carbocycles. The summed E-state index contributed by atoms with van der Waals surface area (Å²) in [7, 11) is 6.04. The van der Waals surface area contributed by atoms with Crippen LogP contribution in [0.25, 0.3) is 0 Å². The average molecular weight is 244 g/mol. The van der Waals surface area contributed by atoms with Crippen molar-refractivity contribution in [2.45, 2.75) is 40.2 Å². The van der Waals surface area contributed by atoms with Gasteiger partial charge in [-0.2, -0.15) is 0 Å². The number of carbonyl (C=O) groups excluding carboxylic acids is 2. The number of rotatable bonds is 5. The number of nitrogens with zero attached hydrogens (tertiary/aromatic N) is 1. The standard InChI is InChI=1S/C13H26NO3/c1-10(15)8-11(9-14(5,6)7)17-12(16)13(2,3)4/h11H,8-9H2,1-7H3/q+1/t11-/m1/s1. The van der Waals surface area contributed by atoms with Crippen molar-refractivity contribution >= 4 is 11.8 Å². The molecule has 0 aromatic rings. The molecule has 100 valence electrons. The monoisotopic (exact) mass is 244 g/mol. The molecule has 0 amide bonds. The second kappa shape index (κ2) is 5.63. The minimum absolute atomic E-state index is 0.0464. The highest BCUT2D eigenvalue weighted by atomic mass is 16.5. The van der Waals surface area contributed by atoms with E-state index in [0.29, 0.717) is 11.0 Å². The van der Waals surface area contributed by atoms with Gasteiger partial charge in [0.1, 0.15) is 12.3 Å². The predicted octanol–water partition coefficient (Wildman–Crippen LogP) is 1.63. The second-order valence-electron chi connectivity index (χ2n) is 6.66. The van der Waals surface area contributed by atoms with Crippen LogP contribution in [0.15, 0.2) is 0 Å². The molecule has 0 heterocycles. The van der Waals surface area contributed by atoms with Gasteiger partial charge in [0.15, 0.2) is 6.10 Å². The summed E-state index contributed by atoms with van der Waals surface area (Å²) in [5.41, 5.74) is -0.528. The maximum atomic E-state index is 11.8. The summed E-state index contributed by atoms with van der Waals surface area (Å²) in [4.78, 5) is 23.0. The minimum atomic E-state index is -0.528. The molecule has 1 atom stereocenters. The van der Waals surface area contributed by atoms with Crippen LogP contribution in [-0.4, -0.2) is 50.0 Å². The van der Waals surface area contributed by atoms with Gasteiger partial charge in [0.25, 0.3) is 0 Å². The van der Waals surface area contributed by atoms with Crippen molar-refractivity contribution in [3.05, 3.63) is 0 Å². The summed E-state index contributed by atoms with van der Waals surface area (Å²) >= 11 is 0. The number of esters is 1. The molecule has 0 fully saturated rings. The van der Waals surface area contributed by atoms with E-state index in [1.807, 2.05) is 41.9 Å². The summed E-state index contributed by atoms with van der Waals surface area (Å²) in [6.07, 6.45) is -0.0450. The fourth-order valence-electron chi connectivity index (χ4n) is 1.40. The molecule has 0 N–H and O–H groups in total. The van der Waals surface area contributed by atoms with Gasteiger partial charge >= 0.3 is 5.97 Å². The second-order valence-corrected chi connectivity index (χ2v) is 6.66. The number of Topliss-reactive ketones (excluding diaryl/α,β-unsaturated/α-hetero) is 1. The van der Waals surface area contributed by atoms with E-state index in [1.54, 1.807) is 0 Å². The smallest absolute Gasteiger partial charge is 0.311 e. The third-order valence-electron chi connectivity index (χ3n) is 2.15. The summed E-state index contributed by atoms with van der Waals surface area (Å²) in [6, 6.07) is 0. The van der Waals surface area contributed by atoms with Crippen LogP contribution in [0.1, 0.15) is 34.1 Å². The number of hydrogen-bond acceptors (Lipinski definition) is 3. The first-order valence-corrected chi connectivity index (χ1v) is 5.93. The van der Waals surface area contributed by atoms with Gasteiger partial charge in [0.2, 0.25) is 0 Å². The van der Waals surface area contributed by atoms with Crippen molar-refractivity contribution in [1.29, 1.82) is 0 Å². The lowest BCUT2D eigenvalue weighted by atomic mass is 9.97. The normalized spacial score (nSPS) is 14.3. The minimum Gasteiger partial charge on any atom is -0.455 e. The molecule has 0 saturated heterocycles. The number of ether oxygens (including phenoxy) is 1. The summed E-state index contributed by atoms with van der Waals surface area (Å²) in [6.45, 7) is 7.60. The highest BCUT2D eigenvalue weighted by Crippen LogP contribution is 2.18. The molecular weight excluding hydrogens is 218 g/mol. The van der Waals surface area contributed by atoms with Crippen LogP contribution >= 0.6 is 0 Å². The lowest BCUT2D eigenvalue weighted by Crippen LogP contribution is -2.44. The number of carbonyl (C=O) groups is 2. The third-order valence-corrected chi connectivity index (χ3v) is 2.15. The molecule has 0 spiro atoms. The van der Waals surface area contributed by atoms with Crippen LogP contribution in [0.3, 0.4) is 0 Å². The predicted molar refractivity (Wildman–Crippen MR) is 67.5 cm³/mol. The first kappa shape index (κ1) is 16.1. The molecule has 4 nitrogen and oxygen atoms in total. The van der Waals surface area contributed by atoms with E-state index in [-0.39, 0.29) is 24.3 Å². The zero-order valence-electron chi connectivity index (χ0n) is 12.2. The zero-order chi connectivity index (χ0) is 13.9. The molecule has 0 unspecified atom stereocenters. The van der Waals surface area contributed by atoms with Gasteiger partial charge in [0, 0.05) is 6.42 Å². The molecular formula is C13H26NO3+. The summed E-state index contributed by atoms with van der Waals surface area (Å²) in [5.74, 6) is -0.206. The molecule has 0 aromatic carbocycles. The van der Waals surface area contributed by atoms with E-state index in [1.165, 1.54) is 6.92 Å². The van der Waals surface area contributed by atoms with Crippen molar-refractivity contribution in [1.82, 2.24) is 0 Å². The van der Waals surface area contributed by atoms with Gasteiger partial charge in [-0.3, -0.25) is 9.59 Å². The lowest BCUT2D eigenvalue weighted by molar-refractivity contribution is -0.873. The Hall–Kier alpha value is -0.900. The summed E-state index contributed by atoms with van der Waals surface area (Å²) < 4.78 is 6.09. The number of hydrogen-bond donors (Lipinski definition) is 0. The van der Waals surface area contributed by atoms with Crippen molar-refractivity contribution in [3.63, 3.8) is 0 Å². The highest BCUT2D eigenvalue weighted by molar-refractivity contribution is 5.78. The number of quaternary nitrogens is 1. The van der Waals surface area contributed by atoms with Gasteiger partial charge in [0.05, 0.1) is 26.6 Å². The maximum Gasteiger partial charge on any atom is 0.311 e. The van der Waals surface area contributed by atoms with E-state index in [0.717, 1.165) is 0 Å². The zero-order valence-corrected chi connectivity index (χ0v) is 12.2. The molecule has 0 bridgehead atoms. The topological polar surface area (TPSA) is 43.4 Å². The van der Waals surface area contributed by atoms with E-state index in [9.17, 15) is 9.59 Å². The number of likely N-dealkylation sites (N-methyl/N-ethyl adjacent to an activating group) is 1. The van der Waals surface area contributed by atoms with Crippen LogP contribution < -0.4 is 0 Å². The molecule has 0 aliphatic rings. The Morgan fingerprint density at radius 2 is 1.65 bits per heavy atom. The van der Waals surface area contributed by atoms with E-state index < -0.39 is 5.41 Å². The van der Waals surface area contributed by atoms with E-state index in [4.69, 9.17) is 4.74 Å². The van der Waals surface area contributed by atoms with Crippen LogP contribution in [0.5, 0.6) is 0 Å². The van der Waals surface area contributed by atoms with Gasteiger partial charge in [-0.1, -0.05) is 0 Å². The van der Waals surface area contributed by atoms with Gasteiger partial charge in [-0.05, 0) is 27.7 Å². The van der Waals surface area contributed by atoms with E-state index in [2.05, 4.69) is 0 Å². The quantitative estimate of drug-likeness (QED) is 0.545. The van der Waals surface area contributed by atoms with Crippen molar-refractivity contribution < 1.29 is 18.8 Å². The number of ketones is 1. The Labute approximate surface area is 105 Å². The third kappa shape index (κ3) is 7.91. The van der Waals surface area contributed by atoms with Crippen LogP contribution in [0.4, 0.5) is 0 Å². The molecule has 0 aromatic heterocycles. The first-order chi connectivity index (χ1) is 7.42. The van der Waals surface area contributed by atoms with Crippen LogP contribution in [0, 0.1) is 5.41 Å². The van der Waals surface area contributed by atoms with Crippen LogP contribution in [-0.2, 0) is 14.3 Å². The molecule has 4 heteroatoms. The van der Waals surface area contributed by atoms with Gasteiger partial charge in [-0.15, -0.1) is 0 Å². The Kier molecular flexibility index (Phi) is 5.33. The van der Waals surface area contributed by atoms with Crippen molar-refractivity contribution in [2.75, 3.05) is 27.7 Å². The maximum absolute atomic E-state index is 11.8. The Bertz CT molecular complexity index is 284. The average Bonchev–Trinajstić information content (AvgIpc) is 1.96. The molecule has 17 heavy (non-hydrogen) atoms. The first-order valence-electron chi connectivity index (χ1n) is 5.93. The molecule has 0 rings (SSSR count). The summed E-state index contributed by atoms with van der Waals surface area (Å²) in [5, 5.41) is 0. The highest BCUT2D eigenvalue weighted by Gasteiger charge is 2.29. The van der Waals surface area contributed by atoms with Crippen molar-refractivity contribution in [3.8, 4) is 0 Å². The fraction of sp³-hybridized carbons (Fsp3) is 0.846. The van der Waals surface area contributed by atoms with Gasteiger partial charge in [-0.25, -0.2) is 0 Å². The Morgan fingerprint density at radius 3 is 1.94 bits per heavy atom. The molecule has 0 aliphatic heterocycles. The molecule has 0 radical (unpaired) electrons.